The van der Waals surface area contributed by atoms with Gasteiger partial charge >= 0.3 is 0 Å². The zero-order valence-corrected chi connectivity index (χ0v) is 8.53. The number of benzene rings is 1. The third-order valence-corrected chi connectivity index (χ3v) is 1.77. The van der Waals surface area contributed by atoms with Crippen LogP contribution in [0.15, 0.2) is 23.3 Å². The molecule has 0 heterocycles. The van der Waals surface area contributed by atoms with Crippen molar-refractivity contribution in [3.8, 4) is 12.1 Å². The van der Waals surface area contributed by atoms with E-state index in [2.05, 4.69) is 10.5 Å². The first kappa shape index (κ1) is 12.1. The summed E-state index contributed by atoms with van der Waals surface area (Å²) >= 11 is 0. The van der Waals surface area contributed by atoms with Gasteiger partial charge in [-0.1, -0.05) is 6.07 Å². The number of hydrogen-bond donors (Lipinski definition) is 3. The van der Waals surface area contributed by atoms with Crippen LogP contribution in [-0.2, 0) is 0 Å². The Kier molecular flexibility index (Phi) is 3.74. The third kappa shape index (κ3) is 2.76. The molecule has 0 fully saturated rings. The lowest BCUT2D eigenvalue weighted by Gasteiger charge is -2.04. The number of hydrazone groups is 1. The maximum Gasteiger partial charge on any atom is 0.201 e. The van der Waals surface area contributed by atoms with Crippen molar-refractivity contribution < 1.29 is 4.39 Å². The Morgan fingerprint density at radius 2 is 2.18 bits per heavy atom. The minimum absolute atomic E-state index is 0.0367. The largest absolute Gasteiger partial charge is 0.382 e. The summed E-state index contributed by atoms with van der Waals surface area (Å²) in [7, 11) is 0. The van der Waals surface area contributed by atoms with E-state index in [-0.39, 0.29) is 11.3 Å². The molecule has 0 amide bonds. The molecule has 0 atom stereocenters. The fraction of sp³-hybridized carbons (Fsp3) is 0. The van der Waals surface area contributed by atoms with Crippen molar-refractivity contribution >= 4 is 17.2 Å². The molecule has 0 aliphatic heterocycles. The molecule has 0 spiro atoms. The van der Waals surface area contributed by atoms with Crippen LogP contribution in [0.5, 0.6) is 0 Å². The summed E-state index contributed by atoms with van der Waals surface area (Å²) in [6.45, 7) is 0. The Balaban J connectivity index is 3.10. The Morgan fingerprint density at radius 1 is 1.47 bits per heavy atom. The lowest BCUT2D eigenvalue weighted by atomic mass is 10.2. The molecule has 0 saturated heterocycles. The normalized spacial score (nSPS) is 10.2. The molecule has 0 aliphatic rings. The second kappa shape index (κ2) is 5.24. The standard InChI is InChI=1S/C10H7FN6/c11-7-3-1-2-6(4-12)9(7)17-16-8(5-13)10(14)15/h1-3,17H,(H3,14,15)/b16-8+. The van der Waals surface area contributed by atoms with E-state index in [1.807, 2.05) is 0 Å². The lowest BCUT2D eigenvalue weighted by Crippen LogP contribution is -2.22. The minimum atomic E-state index is -0.686. The number of para-hydroxylation sites is 1. The highest BCUT2D eigenvalue weighted by Gasteiger charge is 2.08. The van der Waals surface area contributed by atoms with Gasteiger partial charge in [0, 0.05) is 0 Å². The second-order valence-corrected chi connectivity index (χ2v) is 2.87. The first-order valence-corrected chi connectivity index (χ1v) is 4.37. The molecule has 0 radical (unpaired) electrons. The summed E-state index contributed by atoms with van der Waals surface area (Å²) in [6, 6.07) is 7.23. The molecule has 4 N–H and O–H groups in total. The Bertz CT molecular complexity index is 563. The predicted molar refractivity (Wildman–Crippen MR) is 59.7 cm³/mol. The van der Waals surface area contributed by atoms with Gasteiger partial charge in [-0.2, -0.15) is 15.6 Å². The van der Waals surface area contributed by atoms with Crippen molar-refractivity contribution in [1.82, 2.24) is 0 Å². The molecule has 1 aromatic rings. The SMILES string of the molecule is N#C/C(=N\Nc1c(F)cccc1C#N)C(=N)N. The van der Waals surface area contributed by atoms with Crippen molar-refractivity contribution in [2.24, 2.45) is 10.8 Å². The van der Waals surface area contributed by atoms with E-state index in [4.69, 9.17) is 21.7 Å². The highest BCUT2D eigenvalue weighted by atomic mass is 19.1. The van der Waals surface area contributed by atoms with Gasteiger partial charge in [-0.05, 0) is 12.1 Å². The van der Waals surface area contributed by atoms with Crippen LogP contribution in [0.25, 0.3) is 0 Å². The monoisotopic (exact) mass is 230 g/mol. The van der Waals surface area contributed by atoms with Gasteiger partial charge in [0.2, 0.25) is 5.71 Å². The van der Waals surface area contributed by atoms with Gasteiger partial charge in [0.15, 0.2) is 5.84 Å². The van der Waals surface area contributed by atoms with E-state index in [9.17, 15) is 4.39 Å². The minimum Gasteiger partial charge on any atom is -0.382 e. The smallest absolute Gasteiger partial charge is 0.201 e. The molecule has 17 heavy (non-hydrogen) atoms. The average molecular weight is 230 g/mol. The number of halogens is 1. The first-order valence-electron chi connectivity index (χ1n) is 4.37. The Morgan fingerprint density at radius 3 is 2.71 bits per heavy atom. The zero-order chi connectivity index (χ0) is 12.8. The number of anilines is 1. The average Bonchev–Trinajstić information content (AvgIpc) is 2.31. The quantitative estimate of drug-likeness (QED) is 0.406. The molecule has 0 bridgehead atoms. The summed E-state index contributed by atoms with van der Waals surface area (Å²) in [5.41, 5.74) is 6.75. The zero-order valence-electron chi connectivity index (χ0n) is 8.53. The number of nitrogens with one attached hydrogen (secondary N) is 2. The van der Waals surface area contributed by atoms with Crippen LogP contribution in [0, 0.1) is 33.9 Å². The molecule has 1 rings (SSSR count). The van der Waals surface area contributed by atoms with E-state index >= 15 is 0 Å². The van der Waals surface area contributed by atoms with Gasteiger partial charge in [0.05, 0.1) is 5.56 Å². The number of nitrogens with zero attached hydrogens (tertiary/aromatic N) is 3. The fourth-order valence-electron chi connectivity index (χ4n) is 0.988. The van der Waals surface area contributed by atoms with Crippen LogP contribution in [0.3, 0.4) is 0 Å². The van der Waals surface area contributed by atoms with Gasteiger partial charge in [0.25, 0.3) is 0 Å². The van der Waals surface area contributed by atoms with Crippen LogP contribution in [0.4, 0.5) is 10.1 Å². The first-order chi connectivity index (χ1) is 8.10. The van der Waals surface area contributed by atoms with Crippen molar-refractivity contribution in [3.63, 3.8) is 0 Å². The molecule has 0 aromatic heterocycles. The van der Waals surface area contributed by atoms with E-state index in [0.717, 1.165) is 6.07 Å². The number of amidine groups is 1. The second-order valence-electron chi connectivity index (χ2n) is 2.87. The highest BCUT2D eigenvalue weighted by molar-refractivity contribution is 6.45. The maximum atomic E-state index is 13.3. The van der Waals surface area contributed by atoms with Crippen LogP contribution in [-0.4, -0.2) is 11.5 Å². The summed E-state index contributed by atoms with van der Waals surface area (Å²) in [4.78, 5) is 0. The topological polar surface area (TPSA) is 122 Å². The number of nitriles is 2. The Labute approximate surface area is 96.3 Å². The van der Waals surface area contributed by atoms with Gasteiger partial charge in [-0.25, -0.2) is 4.39 Å². The molecule has 0 unspecified atom stereocenters. The van der Waals surface area contributed by atoms with Crippen LogP contribution >= 0.6 is 0 Å². The number of nitrogens with two attached hydrogens (primary N) is 1. The van der Waals surface area contributed by atoms with E-state index in [1.54, 1.807) is 12.1 Å². The highest BCUT2D eigenvalue weighted by Crippen LogP contribution is 2.18. The summed E-state index contributed by atoms with van der Waals surface area (Å²) in [5, 5.41) is 27.7. The van der Waals surface area contributed by atoms with Crippen LogP contribution in [0.1, 0.15) is 5.56 Å². The van der Waals surface area contributed by atoms with E-state index in [1.165, 1.54) is 12.1 Å². The summed E-state index contributed by atoms with van der Waals surface area (Å²) in [6.07, 6.45) is 0. The number of rotatable bonds is 3. The van der Waals surface area contributed by atoms with Gasteiger partial charge in [0.1, 0.15) is 23.6 Å². The predicted octanol–water partition coefficient (Wildman–Crippen LogP) is 0.925. The Hall–Kier alpha value is -2.93. The van der Waals surface area contributed by atoms with Gasteiger partial charge in [-0.3, -0.25) is 10.8 Å². The lowest BCUT2D eigenvalue weighted by molar-refractivity contribution is 0.630. The molecule has 1 aromatic carbocycles. The fourth-order valence-corrected chi connectivity index (χ4v) is 0.988. The summed E-state index contributed by atoms with van der Waals surface area (Å²) in [5.74, 6) is -1.23. The van der Waals surface area contributed by atoms with Gasteiger partial charge in [-0.15, -0.1) is 0 Å². The molecule has 7 heteroatoms. The van der Waals surface area contributed by atoms with E-state index in [0.29, 0.717) is 0 Å². The molecule has 6 nitrogen and oxygen atoms in total. The molecule has 0 aliphatic carbocycles. The van der Waals surface area contributed by atoms with Crippen molar-refractivity contribution in [2.45, 2.75) is 0 Å². The number of hydrogen-bond acceptors (Lipinski definition) is 5. The van der Waals surface area contributed by atoms with Crippen molar-refractivity contribution in [1.29, 1.82) is 15.9 Å². The van der Waals surface area contributed by atoms with Crippen molar-refractivity contribution in [2.75, 3.05) is 5.43 Å². The third-order valence-electron chi connectivity index (χ3n) is 1.77. The van der Waals surface area contributed by atoms with Crippen molar-refractivity contribution in [3.05, 3.63) is 29.6 Å². The summed E-state index contributed by atoms with van der Waals surface area (Å²) < 4.78 is 13.3. The molecular weight excluding hydrogens is 223 g/mol. The molecule has 0 saturated carbocycles. The molecule has 84 valence electrons. The van der Waals surface area contributed by atoms with Crippen LogP contribution < -0.4 is 11.2 Å². The molecular formula is C10H7FN6. The van der Waals surface area contributed by atoms with Crippen LogP contribution in [0.2, 0.25) is 0 Å². The van der Waals surface area contributed by atoms with E-state index < -0.39 is 17.4 Å². The maximum absolute atomic E-state index is 13.3. The van der Waals surface area contributed by atoms with Gasteiger partial charge < -0.3 is 5.73 Å².